The fourth-order valence-corrected chi connectivity index (χ4v) is 4.82. The minimum Gasteiger partial charge on any atom is -0.494 e. The van der Waals surface area contributed by atoms with Gasteiger partial charge in [0.15, 0.2) is 0 Å². The molecule has 35 heavy (non-hydrogen) atoms. The van der Waals surface area contributed by atoms with E-state index in [0.29, 0.717) is 13.2 Å². The highest BCUT2D eigenvalue weighted by Crippen LogP contribution is 2.45. The van der Waals surface area contributed by atoms with Gasteiger partial charge in [-0.1, -0.05) is 24.3 Å². The number of fused-ring (bicyclic) bond motifs is 1. The van der Waals surface area contributed by atoms with Gasteiger partial charge >= 0.3 is 5.97 Å². The predicted octanol–water partition coefficient (Wildman–Crippen LogP) is 5.47. The van der Waals surface area contributed by atoms with Crippen LogP contribution in [0, 0.1) is 5.92 Å². The molecule has 1 heterocycles. The van der Waals surface area contributed by atoms with Crippen LogP contribution in [0.4, 0.5) is 0 Å². The number of rotatable bonds is 9. The van der Waals surface area contributed by atoms with Gasteiger partial charge in [0.2, 0.25) is 5.91 Å². The van der Waals surface area contributed by atoms with Crippen molar-refractivity contribution in [1.29, 1.82) is 0 Å². The Bertz CT molecular complexity index is 1110. The van der Waals surface area contributed by atoms with Crippen LogP contribution >= 0.6 is 0 Å². The van der Waals surface area contributed by atoms with Crippen molar-refractivity contribution in [3.8, 4) is 11.5 Å². The van der Waals surface area contributed by atoms with Crippen molar-refractivity contribution in [2.45, 2.75) is 52.0 Å². The molecule has 1 aliphatic carbocycles. The molecule has 0 saturated heterocycles. The third-order valence-electron chi connectivity index (χ3n) is 6.37. The van der Waals surface area contributed by atoms with Gasteiger partial charge in [-0.15, -0.1) is 0 Å². The zero-order valence-corrected chi connectivity index (χ0v) is 20.3. The smallest absolute Gasteiger partial charge is 0.303 e. The molecule has 7 nitrogen and oxygen atoms in total. The topological polar surface area (TPSA) is 88.4 Å². The third-order valence-corrected chi connectivity index (χ3v) is 6.37. The zero-order chi connectivity index (χ0) is 24.8. The minimum atomic E-state index is -0.990. The second-order valence-corrected chi connectivity index (χ2v) is 8.73. The van der Waals surface area contributed by atoms with Gasteiger partial charge in [-0.2, -0.15) is 5.10 Å². The molecule has 2 atom stereocenters. The Morgan fingerprint density at radius 1 is 1.00 bits per heavy atom. The van der Waals surface area contributed by atoms with Crippen molar-refractivity contribution in [3.05, 3.63) is 65.2 Å². The van der Waals surface area contributed by atoms with E-state index in [4.69, 9.17) is 19.7 Å². The van der Waals surface area contributed by atoms with Crippen molar-refractivity contribution in [1.82, 2.24) is 5.01 Å². The van der Waals surface area contributed by atoms with Crippen LogP contribution in [0.3, 0.4) is 0 Å². The number of nitrogens with zero attached hydrogens (tertiary/aromatic N) is 2. The largest absolute Gasteiger partial charge is 0.494 e. The quantitative estimate of drug-likeness (QED) is 0.518. The van der Waals surface area contributed by atoms with Gasteiger partial charge in [0, 0.05) is 12.3 Å². The standard InChI is InChI=1S/C28H32N2O5/c1-3-34-22-12-8-19(9-13-22)18-21-6-5-7-24-27(21)29-30(25(31)16-17-26(32)33)28(24)20-10-14-23(15-11-20)35-4-2/h8-15,18,24,28H,3-7,16-17H2,1-2H3,(H,32,33)/b21-18-/t24-,28+/m1/s1. The Morgan fingerprint density at radius 3 is 2.23 bits per heavy atom. The van der Waals surface area contributed by atoms with Crippen LogP contribution in [0.5, 0.6) is 11.5 Å². The summed E-state index contributed by atoms with van der Waals surface area (Å²) in [5.41, 5.74) is 4.07. The molecule has 1 saturated carbocycles. The molecule has 0 spiro atoms. The number of benzene rings is 2. The second-order valence-electron chi connectivity index (χ2n) is 8.73. The highest BCUT2D eigenvalue weighted by atomic mass is 16.5. The molecular formula is C28H32N2O5. The molecule has 0 aromatic heterocycles. The van der Waals surface area contributed by atoms with E-state index in [9.17, 15) is 9.59 Å². The number of hydrogen-bond acceptors (Lipinski definition) is 5. The first-order valence-corrected chi connectivity index (χ1v) is 12.3. The second kappa shape index (κ2) is 11.2. The van der Waals surface area contributed by atoms with Crippen LogP contribution in [0.1, 0.15) is 63.1 Å². The number of carboxylic acid groups (broad SMARTS) is 1. The number of hydrogen-bond donors (Lipinski definition) is 1. The van der Waals surface area contributed by atoms with E-state index in [1.54, 1.807) is 0 Å². The van der Waals surface area contributed by atoms with Crippen LogP contribution in [-0.4, -0.2) is 40.9 Å². The summed E-state index contributed by atoms with van der Waals surface area (Å²) < 4.78 is 11.1. The fraction of sp³-hybridized carbons (Fsp3) is 0.393. The highest BCUT2D eigenvalue weighted by Gasteiger charge is 2.43. The van der Waals surface area contributed by atoms with Crippen molar-refractivity contribution in [2.75, 3.05) is 13.2 Å². The lowest BCUT2D eigenvalue weighted by atomic mass is 9.77. The van der Waals surface area contributed by atoms with Crippen molar-refractivity contribution in [3.63, 3.8) is 0 Å². The summed E-state index contributed by atoms with van der Waals surface area (Å²) in [6, 6.07) is 15.5. The normalized spacial score (nSPS) is 20.3. The Labute approximate surface area is 206 Å². The summed E-state index contributed by atoms with van der Waals surface area (Å²) in [7, 11) is 0. The van der Waals surface area contributed by atoms with Gasteiger partial charge in [0.25, 0.3) is 0 Å². The molecule has 184 valence electrons. The zero-order valence-electron chi connectivity index (χ0n) is 20.3. The molecule has 2 aromatic rings. The number of carbonyl (C=O) groups is 2. The Morgan fingerprint density at radius 2 is 1.63 bits per heavy atom. The van der Waals surface area contributed by atoms with Gasteiger partial charge in [-0.05, 0) is 80.2 Å². The fourth-order valence-electron chi connectivity index (χ4n) is 4.82. The first-order valence-electron chi connectivity index (χ1n) is 12.3. The maximum Gasteiger partial charge on any atom is 0.303 e. The number of carbonyl (C=O) groups excluding carboxylic acids is 1. The summed E-state index contributed by atoms with van der Waals surface area (Å²) in [6.07, 6.45) is 4.65. The van der Waals surface area contributed by atoms with Crippen LogP contribution < -0.4 is 9.47 Å². The highest BCUT2D eigenvalue weighted by molar-refractivity contribution is 6.08. The molecule has 1 fully saturated rings. The Hall–Kier alpha value is -3.61. The summed E-state index contributed by atoms with van der Waals surface area (Å²) in [6.45, 7) is 5.10. The van der Waals surface area contributed by atoms with Crippen LogP contribution in [0.2, 0.25) is 0 Å². The number of ether oxygens (including phenoxy) is 2. The van der Waals surface area contributed by atoms with E-state index in [2.05, 4.69) is 6.08 Å². The minimum absolute atomic E-state index is 0.0596. The first-order chi connectivity index (χ1) is 17.0. The first kappa shape index (κ1) is 24.5. The molecule has 7 heteroatoms. The van der Waals surface area contributed by atoms with Crippen LogP contribution in [0.15, 0.2) is 59.2 Å². The summed E-state index contributed by atoms with van der Waals surface area (Å²) in [5.74, 6) is 0.411. The Kier molecular flexibility index (Phi) is 7.85. The molecule has 0 radical (unpaired) electrons. The average Bonchev–Trinajstić information content (AvgIpc) is 3.25. The maximum atomic E-state index is 13.1. The molecule has 2 aliphatic rings. The molecule has 1 N–H and O–H groups in total. The molecule has 0 bridgehead atoms. The Balaban J connectivity index is 1.66. The molecule has 0 unspecified atom stereocenters. The maximum absolute atomic E-state index is 13.1. The summed E-state index contributed by atoms with van der Waals surface area (Å²) in [5, 5.41) is 15.4. The van der Waals surface area contributed by atoms with E-state index in [1.807, 2.05) is 62.4 Å². The SMILES string of the molecule is CCOc1ccc(/C=C2/CCC[C@@H]3C2=NN(C(=O)CCC(=O)O)[C@H]3c2ccc(OCC)cc2)cc1. The molecule has 4 rings (SSSR count). The van der Waals surface area contributed by atoms with Crippen molar-refractivity contribution >= 4 is 23.7 Å². The molecule has 2 aromatic carbocycles. The van der Waals surface area contributed by atoms with Gasteiger partial charge in [-0.3, -0.25) is 9.59 Å². The van der Waals surface area contributed by atoms with Crippen LogP contribution in [-0.2, 0) is 9.59 Å². The number of allylic oxidation sites excluding steroid dienone is 1. The van der Waals surface area contributed by atoms with Gasteiger partial charge in [0.1, 0.15) is 11.5 Å². The van der Waals surface area contributed by atoms with Crippen LogP contribution in [0.25, 0.3) is 6.08 Å². The number of hydrazone groups is 1. The van der Waals surface area contributed by atoms with E-state index in [-0.39, 0.29) is 30.7 Å². The molecule has 1 amide bonds. The van der Waals surface area contributed by atoms with Gasteiger partial charge in [0.05, 0.1) is 31.4 Å². The summed E-state index contributed by atoms with van der Waals surface area (Å²) >= 11 is 0. The van der Waals surface area contributed by atoms with Gasteiger partial charge in [-0.25, -0.2) is 5.01 Å². The van der Waals surface area contributed by atoms with Crippen molar-refractivity contribution < 1.29 is 24.2 Å². The predicted molar refractivity (Wildman–Crippen MR) is 134 cm³/mol. The van der Waals surface area contributed by atoms with E-state index >= 15 is 0 Å². The number of carboxylic acids is 1. The van der Waals surface area contributed by atoms with Crippen molar-refractivity contribution in [2.24, 2.45) is 11.0 Å². The summed E-state index contributed by atoms with van der Waals surface area (Å²) in [4.78, 5) is 24.2. The lowest BCUT2D eigenvalue weighted by Crippen LogP contribution is -2.32. The van der Waals surface area contributed by atoms with E-state index < -0.39 is 5.97 Å². The molecular weight excluding hydrogens is 444 g/mol. The van der Waals surface area contributed by atoms with E-state index in [1.165, 1.54) is 5.01 Å². The van der Waals surface area contributed by atoms with E-state index in [0.717, 1.165) is 53.2 Å². The lowest BCUT2D eigenvalue weighted by Gasteiger charge is -2.29. The lowest BCUT2D eigenvalue weighted by molar-refractivity contribution is -0.141. The number of amides is 1. The third kappa shape index (κ3) is 5.73. The molecule has 1 aliphatic heterocycles. The van der Waals surface area contributed by atoms with Gasteiger partial charge < -0.3 is 14.6 Å². The number of aliphatic carboxylic acids is 1. The average molecular weight is 477 g/mol. The monoisotopic (exact) mass is 476 g/mol.